The zero-order valence-corrected chi connectivity index (χ0v) is 10.8. The van der Waals surface area contributed by atoms with Crippen LogP contribution in [-0.4, -0.2) is 12.2 Å². The number of benzene rings is 2. The van der Waals surface area contributed by atoms with Gasteiger partial charge in [-0.1, -0.05) is 36.4 Å². The first-order chi connectivity index (χ1) is 8.84. The summed E-state index contributed by atoms with van der Waals surface area (Å²) in [5, 5.41) is 2.10. The lowest BCUT2D eigenvalue weighted by Gasteiger charge is -2.20. The molecule has 18 heavy (non-hydrogen) atoms. The van der Waals surface area contributed by atoms with E-state index in [0.29, 0.717) is 0 Å². The Bertz CT molecular complexity index is 503. The number of thiol groups is 1. The third-order valence-electron chi connectivity index (χ3n) is 3.02. The van der Waals surface area contributed by atoms with Crippen LogP contribution in [0.1, 0.15) is 0 Å². The Labute approximate surface area is 112 Å². The normalized spacial score (nSPS) is 19.3. The summed E-state index contributed by atoms with van der Waals surface area (Å²) < 4.78 is 0. The highest BCUT2D eigenvalue weighted by Gasteiger charge is 2.27. The fraction of sp³-hybridized carbons (Fsp3) is 0.143. The molecule has 1 unspecified atom stereocenters. The van der Waals surface area contributed by atoms with Crippen LogP contribution in [0.4, 0.5) is 11.4 Å². The lowest BCUT2D eigenvalue weighted by Crippen LogP contribution is -2.33. The monoisotopic (exact) mass is 257 g/mol. The molecule has 1 heterocycles. The van der Waals surface area contributed by atoms with Crippen LogP contribution < -0.4 is 15.3 Å². The molecule has 4 heteroatoms. The fourth-order valence-electron chi connectivity index (χ4n) is 2.09. The molecule has 1 aliphatic heterocycles. The largest absolute Gasteiger partial charge is 0.327 e. The molecule has 0 radical (unpaired) electrons. The van der Waals surface area contributed by atoms with E-state index in [-0.39, 0.29) is 5.50 Å². The molecule has 1 aliphatic rings. The fourth-order valence-corrected chi connectivity index (χ4v) is 2.43. The summed E-state index contributed by atoms with van der Waals surface area (Å²) in [6.45, 7) is 0.780. The highest BCUT2D eigenvalue weighted by molar-refractivity contribution is 7.81. The number of nitrogens with zero attached hydrogens (tertiary/aromatic N) is 2. The van der Waals surface area contributed by atoms with Gasteiger partial charge in [0.05, 0.1) is 5.69 Å². The van der Waals surface area contributed by atoms with Gasteiger partial charge in [0.2, 0.25) is 0 Å². The molecule has 0 aliphatic carbocycles. The number of anilines is 2. The second-order valence-electron chi connectivity index (χ2n) is 4.21. The number of rotatable bonds is 2. The van der Waals surface area contributed by atoms with Crippen LogP contribution in [0.15, 0.2) is 60.7 Å². The van der Waals surface area contributed by atoms with Gasteiger partial charge in [0.1, 0.15) is 12.2 Å². The maximum atomic E-state index is 4.58. The zero-order chi connectivity index (χ0) is 12.4. The molecule has 0 spiro atoms. The van der Waals surface area contributed by atoms with Crippen molar-refractivity contribution in [3.63, 3.8) is 0 Å². The average Bonchev–Trinajstić information content (AvgIpc) is 2.83. The van der Waals surface area contributed by atoms with Crippen LogP contribution in [0.25, 0.3) is 0 Å². The first kappa shape index (κ1) is 11.4. The quantitative estimate of drug-likeness (QED) is 0.807. The van der Waals surface area contributed by atoms with Gasteiger partial charge < -0.3 is 4.90 Å². The number of nitrogens with one attached hydrogen (secondary N) is 1. The molecule has 92 valence electrons. The molecule has 0 aromatic heterocycles. The molecule has 1 N–H and O–H groups in total. The molecule has 1 saturated heterocycles. The molecule has 1 atom stereocenters. The van der Waals surface area contributed by atoms with Gasteiger partial charge in [-0.25, -0.2) is 5.43 Å². The second-order valence-corrected chi connectivity index (χ2v) is 4.70. The van der Waals surface area contributed by atoms with Gasteiger partial charge >= 0.3 is 0 Å². The van der Waals surface area contributed by atoms with Crippen molar-refractivity contribution in [1.82, 2.24) is 5.43 Å². The van der Waals surface area contributed by atoms with Crippen LogP contribution in [0.5, 0.6) is 0 Å². The Morgan fingerprint density at radius 3 is 2.06 bits per heavy atom. The maximum absolute atomic E-state index is 4.58. The second kappa shape index (κ2) is 4.92. The Kier molecular flexibility index (Phi) is 3.13. The Balaban J connectivity index is 1.81. The van der Waals surface area contributed by atoms with Crippen LogP contribution in [-0.2, 0) is 0 Å². The number of hydrogen-bond donors (Lipinski definition) is 2. The van der Waals surface area contributed by atoms with Gasteiger partial charge in [-0.15, -0.1) is 12.6 Å². The van der Waals surface area contributed by atoms with E-state index in [1.807, 2.05) is 36.4 Å². The van der Waals surface area contributed by atoms with Crippen LogP contribution in [0.3, 0.4) is 0 Å². The van der Waals surface area contributed by atoms with Crippen molar-refractivity contribution in [2.24, 2.45) is 0 Å². The molecule has 3 nitrogen and oxygen atoms in total. The summed E-state index contributed by atoms with van der Waals surface area (Å²) >= 11 is 4.58. The topological polar surface area (TPSA) is 18.5 Å². The lowest BCUT2D eigenvalue weighted by atomic mass is 10.3. The molecule has 0 amide bonds. The molecular weight excluding hydrogens is 242 g/mol. The predicted molar refractivity (Wildman–Crippen MR) is 78.6 cm³/mol. The van der Waals surface area contributed by atoms with E-state index in [1.54, 1.807) is 0 Å². The minimum absolute atomic E-state index is 0.00685. The summed E-state index contributed by atoms with van der Waals surface area (Å²) in [6, 6.07) is 20.6. The molecule has 3 rings (SSSR count). The van der Waals surface area contributed by atoms with Crippen molar-refractivity contribution in [3.05, 3.63) is 60.7 Å². The van der Waals surface area contributed by atoms with Crippen LogP contribution >= 0.6 is 12.6 Å². The van der Waals surface area contributed by atoms with Gasteiger partial charge in [-0.3, -0.25) is 5.01 Å². The first-order valence-corrected chi connectivity index (χ1v) is 6.45. The van der Waals surface area contributed by atoms with Crippen LogP contribution in [0.2, 0.25) is 0 Å². The number of hydrazine groups is 1. The SMILES string of the molecule is SC1NN(c2ccccc2)CN1c1ccccc1. The average molecular weight is 257 g/mol. The zero-order valence-electron chi connectivity index (χ0n) is 9.90. The van der Waals surface area contributed by atoms with Crippen molar-refractivity contribution in [2.45, 2.75) is 5.50 Å². The van der Waals surface area contributed by atoms with Crippen molar-refractivity contribution in [1.29, 1.82) is 0 Å². The van der Waals surface area contributed by atoms with Crippen LogP contribution in [0, 0.1) is 0 Å². The molecular formula is C14H15N3S. The third kappa shape index (κ3) is 2.17. The summed E-state index contributed by atoms with van der Waals surface area (Å²) in [4.78, 5) is 2.20. The Morgan fingerprint density at radius 2 is 1.44 bits per heavy atom. The highest BCUT2D eigenvalue weighted by atomic mass is 32.1. The van der Waals surface area contributed by atoms with Gasteiger partial charge in [0, 0.05) is 5.69 Å². The number of para-hydroxylation sites is 2. The molecule has 1 fully saturated rings. The van der Waals surface area contributed by atoms with Gasteiger partial charge in [-0.2, -0.15) is 0 Å². The maximum Gasteiger partial charge on any atom is 0.143 e. The minimum atomic E-state index is -0.00685. The van der Waals surface area contributed by atoms with Crippen molar-refractivity contribution < 1.29 is 0 Å². The van der Waals surface area contributed by atoms with E-state index in [2.05, 4.69) is 52.2 Å². The Hall–Kier alpha value is -1.65. The predicted octanol–water partition coefficient (Wildman–Crippen LogP) is 2.69. The summed E-state index contributed by atoms with van der Waals surface area (Å²) in [5.74, 6) is 0. The van der Waals surface area contributed by atoms with Crippen molar-refractivity contribution in [2.75, 3.05) is 16.6 Å². The van der Waals surface area contributed by atoms with E-state index in [1.165, 1.54) is 5.69 Å². The van der Waals surface area contributed by atoms with E-state index < -0.39 is 0 Å². The minimum Gasteiger partial charge on any atom is -0.327 e. The Morgan fingerprint density at radius 1 is 0.889 bits per heavy atom. The third-order valence-corrected chi connectivity index (χ3v) is 3.41. The van der Waals surface area contributed by atoms with Gasteiger partial charge in [-0.05, 0) is 24.3 Å². The highest BCUT2D eigenvalue weighted by Crippen LogP contribution is 2.24. The smallest absolute Gasteiger partial charge is 0.143 e. The summed E-state index contributed by atoms with van der Waals surface area (Å²) in [6.07, 6.45) is 0. The molecule has 0 bridgehead atoms. The molecule has 2 aromatic carbocycles. The first-order valence-electron chi connectivity index (χ1n) is 5.93. The van der Waals surface area contributed by atoms with E-state index in [4.69, 9.17) is 0 Å². The standard InChI is InChI=1S/C14H15N3S/c18-14-15-17(13-9-5-2-6-10-13)11-16(14)12-7-3-1-4-8-12/h1-10,14-15,18H,11H2. The van der Waals surface area contributed by atoms with E-state index in [0.717, 1.165) is 12.4 Å². The van der Waals surface area contributed by atoms with Gasteiger partial charge in [0.25, 0.3) is 0 Å². The molecule has 0 saturated carbocycles. The van der Waals surface area contributed by atoms with Gasteiger partial charge in [0.15, 0.2) is 0 Å². The van der Waals surface area contributed by atoms with E-state index >= 15 is 0 Å². The van der Waals surface area contributed by atoms with Crippen molar-refractivity contribution >= 4 is 24.0 Å². The molecule has 2 aromatic rings. The summed E-state index contributed by atoms with van der Waals surface area (Å²) in [5.41, 5.74) is 5.65. The lowest BCUT2D eigenvalue weighted by molar-refractivity contribution is 0.755. The van der Waals surface area contributed by atoms with Crippen molar-refractivity contribution in [3.8, 4) is 0 Å². The summed E-state index contributed by atoms with van der Waals surface area (Å²) in [7, 11) is 0. The number of hydrogen-bond acceptors (Lipinski definition) is 4. The van der Waals surface area contributed by atoms with E-state index in [9.17, 15) is 0 Å².